The Morgan fingerprint density at radius 1 is 1.07 bits per heavy atom. The molecule has 5 rings (SSSR count). The minimum absolute atomic E-state index is 0. The van der Waals surface area contributed by atoms with Gasteiger partial charge in [-0.15, -0.1) is 54.5 Å². The van der Waals surface area contributed by atoms with E-state index in [1.54, 1.807) is 13.3 Å². The summed E-state index contributed by atoms with van der Waals surface area (Å²) in [6.07, 6.45) is 10.9. The predicted octanol–water partition coefficient (Wildman–Crippen LogP) is 5.72. The minimum atomic E-state index is -4.67. The van der Waals surface area contributed by atoms with E-state index in [0.717, 1.165) is 41.7 Å². The lowest BCUT2D eigenvalue weighted by molar-refractivity contribution is -0.0444. The van der Waals surface area contributed by atoms with E-state index < -0.39 is 16.5 Å². The molecule has 10 nitrogen and oxygen atoms in total. The average Bonchev–Trinajstić information content (AvgIpc) is 2.91. The lowest BCUT2D eigenvalue weighted by atomic mass is 9.73. The van der Waals surface area contributed by atoms with Gasteiger partial charge in [-0.05, 0) is 61.1 Å². The van der Waals surface area contributed by atoms with Crippen molar-refractivity contribution in [3.63, 3.8) is 0 Å². The Morgan fingerprint density at radius 2 is 1.61 bits per heavy atom. The standard InChI is InChI=1S/C20H24N2O2.2C4H10.2HI.H2O4S.2H2O/c1-3-13-12-22-9-7-14(13)10-19(22)20(23)16-6-8-21-18-5-4-15(24-2)11-17(16)18;2*1-3-4-2;;;1-5(2,3)4;;/h3-6,8,11,13-14,19-20,23H,1,7,9-10,12H2,2H3;2*3-4H2,1-2H3;2*1H;(H2,1,2,3,4);2*1H2/t13-,14?,19-,20+;;;;;;;/m0......./s1. The molecule has 1 aromatic heterocycles. The van der Waals surface area contributed by atoms with E-state index >= 15 is 0 Å². The number of pyridine rings is 1. The maximum atomic E-state index is 11.2. The van der Waals surface area contributed by atoms with Crippen LogP contribution in [0.5, 0.6) is 5.75 Å². The summed E-state index contributed by atoms with van der Waals surface area (Å²) >= 11 is 0. The van der Waals surface area contributed by atoms with Crippen LogP contribution in [0.25, 0.3) is 10.9 Å². The molecule has 2 unspecified atom stereocenters. The summed E-state index contributed by atoms with van der Waals surface area (Å²) in [5.41, 5.74) is 1.85. The molecule has 242 valence electrons. The number of rotatable bonds is 6. The van der Waals surface area contributed by atoms with E-state index in [1.807, 2.05) is 24.3 Å². The number of unbranched alkanes of at least 4 members (excludes halogenated alkanes) is 2. The van der Waals surface area contributed by atoms with Gasteiger partial charge in [0.25, 0.3) is 0 Å². The Kier molecular flexibility index (Phi) is 28.5. The molecule has 3 fully saturated rings. The Bertz CT molecular complexity index is 1050. The van der Waals surface area contributed by atoms with Gasteiger partial charge in [0.15, 0.2) is 0 Å². The average molecular weight is 831 g/mol. The number of halogens is 2. The molecule has 0 spiro atoms. The van der Waals surface area contributed by atoms with Crippen LogP contribution in [-0.2, 0) is 10.4 Å². The highest BCUT2D eigenvalue weighted by Gasteiger charge is 2.42. The highest BCUT2D eigenvalue weighted by atomic mass is 127. The zero-order chi connectivity index (χ0) is 28.0. The van der Waals surface area contributed by atoms with Crippen molar-refractivity contribution in [2.45, 2.75) is 78.4 Å². The molecule has 5 atom stereocenters. The first-order chi connectivity index (χ1) is 17.5. The molecule has 3 aliphatic heterocycles. The van der Waals surface area contributed by atoms with Crippen LogP contribution in [0.2, 0.25) is 0 Å². The number of piperidine rings is 3. The first-order valence-electron chi connectivity index (χ1n) is 13.2. The van der Waals surface area contributed by atoms with Crippen molar-refractivity contribution < 1.29 is 38.3 Å². The SMILES string of the molecule is C=C[C@H]1CN2CCC1C[C@H]2[C@H](O)c1ccnc2ccc(OC)cc12.CCCC.CCCC.I.I.O.O.O=S(=O)(O)O. The number of nitrogens with zero attached hydrogens (tertiary/aromatic N) is 2. The van der Waals surface area contributed by atoms with Crippen LogP contribution in [0.15, 0.2) is 43.1 Å². The predicted molar refractivity (Wildman–Crippen MR) is 188 cm³/mol. The van der Waals surface area contributed by atoms with E-state index in [9.17, 15) is 5.11 Å². The number of fused-ring (bicyclic) bond motifs is 4. The first kappa shape index (κ1) is 47.3. The third-order valence-corrected chi connectivity index (χ3v) is 6.82. The fraction of sp³-hybridized carbons (Fsp3) is 0.607. The molecule has 1 aromatic carbocycles. The maximum absolute atomic E-state index is 11.2. The zero-order valence-corrected chi connectivity index (χ0v) is 30.3. The summed E-state index contributed by atoms with van der Waals surface area (Å²) in [5.74, 6) is 2.01. The van der Waals surface area contributed by atoms with Gasteiger partial charge in [0.05, 0.1) is 18.7 Å². The Hall–Kier alpha value is -0.660. The number of hydrogen-bond donors (Lipinski definition) is 3. The second-order valence-corrected chi connectivity index (χ2v) is 10.3. The molecule has 0 amide bonds. The molecule has 0 saturated carbocycles. The molecule has 0 aliphatic carbocycles. The van der Waals surface area contributed by atoms with Crippen molar-refractivity contribution in [2.75, 3.05) is 20.2 Å². The van der Waals surface area contributed by atoms with Gasteiger partial charge in [0.2, 0.25) is 0 Å². The Morgan fingerprint density at radius 3 is 2.02 bits per heavy atom. The number of ether oxygens (including phenoxy) is 1. The monoisotopic (exact) mass is 830 g/mol. The van der Waals surface area contributed by atoms with Crippen molar-refractivity contribution in [1.82, 2.24) is 9.88 Å². The van der Waals surface area contributed by atoms with Crippen molar-refractivity contribution >= 4 is 69.3 Å². The van der Waals surface area contributed by atoms with Gasteiger partial charge in [0.1, 0.15) is 5.75 Å². The number of benzene rings is 1. The number of hydrogen-bond acceptors (Lipinski definition) is 6. The van der Waals surface area contributed by atoms with E-state index in [1.165, 1.54) is 32.1 Å². The quantitative estimate of drug-likeness (QED) is 0.188. The van der Waals surface area contributed by atoms with Crippen molar-refractivity contribution in [1.29, 1.82) is 0 Å². The fourth-order valence-corrected chi connectivity index (χ4v) is 4.44. The van der Waals surface area contributed by atoms with Crippen LogP contribution in [0, 0.1) is 11.8 Å². The van der Waals surface area contributed by atoms with Crippen LogP contribution in [-0.4, -0.2) is 69.7 Å². The van der Waals surface area contributed by atoms with E-state index in [-0.39, 0.29) is 64.9 Å². The summed E-state index contributed by atoms with van der Waals surface area (Å²) in [6, 6.07) is 7.96. The zero-order valence-electron chi connectivity index (χ0n) is 24.8. The molecule has 7 N–H and O–H groups in total. The number of aliphatic hydroxyl groups is 1. The fourth-order valence-electron chi connectivity index (χ4n) is 4.44. The Balaban J connectivity index is -0.000000344. The van der Waals surface area contributed by atoms with Gasteiger partial charge in [-0.3, -0.25) is 19.0 Å². The number of aromatic nitrogens is 1. The normalized spacial score (nSPS) is 20.6. The minimum Gasteiger partial charge on any atom is -0.497 e. The summed E-state index contributed by atoms with van der Waals surface area (Å²) < 4.78 is 36.9. The van der Waals surface area contributed by atoms with Gasteiger partial charge >= 0.3 is 10.4 Å². The largest absolute Gasteiger partial charge is 0.497 e. The van der Waals surface area contributed by atoms with E-state index in [0.29, 0.717) is 11.8 Å². The summed E-state index contributed by atoms with van der Waals surface area (Å²) in [6.45, 7) is 14.8. The molecule has 2 bridgehead atoms. The van der Waals surface area contributed by atoms with Crippen LogP contribution in [0.3, 0.4) is 0 Å². The molecule has 3 aliphatic rings. The highest BCUT2D eigenvalue weighted by Crippen LogP contribution is 2.42. The maximum Gasteiger partial charge on any atom is 0.394 e. The molecule has 4 heterocycles. The van der Waals surface area contributed by atoms with Gasteiger partial charge in [-0.25, -0.2) is 0 Å². The van der Waals surface area contributed by atoms with E-state index in [4.69, 9.17) is 22.3 Å². The van der Waals surface area contributed by atoms with Crippen LogP contribution >= 0.6 is 48.0 Å². The molecule has 0 radical (unpaired) electrons. The summed E-state index contributed by atoms with van der Waals surface area (Å²) in [5, 5.41) is 12.1. The van der Waals surface area contributed by atoms with Crippen molar-refractivity contribution in [3.05, 3.63) is 48.7 Å². The molecular weight excluding hydrogens is 778 g/mol. The molecule has 41 heavy (non-hydrogen) atoms. The molecule has 13 heteroatoms. The van der Waals surface area contributed by atoms with Crippen LogP contribution < -0.4 is 4.74 Å². The summed E-state index contributed by atoms with van der Waals surface area (Å²) in [4.78, 5) is 6.86. The van der Waals surface area contributed by atoms with Gasteiger partial charge in [-0.1, -0.05) is 59.5 Å². The summed E-state index contributed by atoms with van der Waals surface area (Å²) in [7, 11) is -3.01. The highest BCUT2D eigenvalue weighted by molar-refractivity contribution is 14.0. The third-order valence-electron chi connectivity index (χ3n) is 6.82. The van der Waals surface area contributed by atoms with E-state index in [2.05, 4.69) is 50.2 Å². The lowest BCUT2D eigenvalue weighted by Crippen LogP contribution is -2.54. The number of aliphatic hydroxyl groups excluding tert-OH is 1. The molecule has 2 aromatic rings. The van der Waals surface area contributed by atoms with Crippen molar-refractivity contribution in [3.8, 4) is 5.75 Å². The molecular formula is C28H52I2N2O8S. The van der Waals surface area contributed by atoms with Gasteiger partial charge < -0.3 is 20.8 Å². The Labute approximate surface area is 280 Å². The topological polar surface area (TPSA) is 183 Å². The smallest absolute Gasteiger partial charge is 0.394 e. The third kappa shape index (κ3) is 16.7. The molecule has 3 saturated heterocycles. The first-order valence-corrected chi connectivity index (χ1v) is 14.6. The number of methoxy groups -OCH3 is 1. The van der Waals surface area contributed by atoms with Crippen LogP contribution in [0.4, 0.5) is 0 Å². The van der Waals surface area contributed by atoms with Gasteiger partial charge in [-0.2, -0.15) is 8.42 Å². The lowest BCUT2D eigenvalue weighted by Gasteiger charge is -2.50. The van der Waals surface area contributed by atoms with Gasteiger partial charge in [0, 0.05) is 24.2 Å². The second-order valence-electron chi connectivity index (χ2n) is 9.42. The van der Waals surface area contributed by atoms with Crippen LogP contribution in [0.1, 0.15) is 77.9 Å². The van der Waals surface area contributed by atoms with Crippen molar-refractivity contribution in [2.24, 2.45) is 11.8 Å². The second kappa shape index (κ2) is 24.7.